The number of benzene rings is 2. The lowest BCUT2D eigenvalue weighted by Gasteiger charge is -2.18. The van der Waals surface area contributed by atoms with Gasteiger partial charge in [0, 0.05) is 10.6 Å². The molecule has 6 heteroatoms. The molecule has 4 aromatic rings. The number of nitrogens with zero attached hydrogens (tertiary/aromatic N) is 2. The Morgan fingerprint density at radius 3 is 2.60 bits per heavy atom. The summed E-state index contributed by atoms with van der Waals surface area (Å²) in [4.78, 5) is 19.3. The largest absolute Gasteiger partial charge is 0.467 e. The van der Waals surface area contributed by atoms with Gasteiger partial charge in [-0.1, -0.05) is 35.1 Å². The second kappa shape index (κ2) is 6.70. The summed E-state index contributed by atoms with van der Waals surface area (Å²) >= 11 is 7.41. The number of halogens is 1. The van der Waals surface area contributed by atoms with Crippen LogP contribution in [0.5, 0.6) is 0 Å². The van der Waals surface area contributed by atoms with Crippen LogP contribution >= 0.6 is 22.9 Å². The lowest BCUT2D eigenvalue weighted by atomic mass is 10.2. The van der Waals surface area contributed by atoms with Crippen molar-refractivity contribution in [1.82, 2.24) is 4.98 Å². The molecule has 25 heavy (non-hydrogen) atoms. The highest BCUT2D eigenvalue weighted by atomic mass is 35.5. The van der Waals surface area contributed by atoms with Gasteiger partial charge in [0.15, 0.2) is 5.13 Å². The minimum Gasteiger partial charge on any atom is -0.467 e. The van der Waals surface area contributed by atoms with Gasteiger partial charge in [0.05, 0.1) is 23.0 Å². The molecule has 4 rings (SSSR count). The van der Waals surface area contributed by atoms with Gasteiger partial charge in [-0.3, -0.25) is 9.69 Å². The second-order valence-electron chi connectivity index (χ2n) is 5.44. The van der Waals surface area contributed by atoms with E-state index in [-0.39, 0.29) is 5.91 Å². The molecule has 0 N–H and O–H groups in total. The van der Waals surface area contributed by atoms with Crippen LogP contribution in [0.15, 0.2) is 71.3 Å². The highest BCUT2D eigenvalue weighted by Gasteiger charge is 2.22. The van der Waals surface area contributed by atoms with Crippen LogP contribution in [0, 0.1) is 0 Å². The first-order valence-electron chi connectivity index (χ1n) is 7.66. The molecular weight excluding hydrogens is 356 g/mol. The number of furan rings is 1. The first kappa shape index (κ1) is 15.9. The van der Waals surface area contributed by atoms with Crippen molar-refractivity contribution in [2.24, 2.45) is 0 Å². The Kier molecular flexibility index (Phi) is 4.26. The van der Waals surface area contributed by atoms with Crippen LogP contribution in [0.1, 0.15) is 16.1 Å². The zero-order valence-electron chi connectivity index (χ0n) is 13.1. The van der Waals surface area contributed by atoms with Crippen molar-refractivity contribution in [2.75, 3.05) is 4.90 Å². The Morgan fingerprint density at radius 2 is 1.88 bits per heavy atom. The van der Waals surface area contributed by atoms with Crippen LogP contribution in [0.4, 0.5) is 5.13 Å². The molecule has 0 aliphatic carbocycles. The van der Waals surface area contributed by atoms with Gasteiger partial charge in [0.2, 0.25) is 0 Å². The summed E-state index contributed by atoms with van der Waals surface area (Å²) in [6.07, 6.45) is 1.60. The SMILES string of the molecule is O=C(c1ccc(Cl)cc1)N(Cc1ccco1)c1nc2ccccc2s1. The average molecular weight is 369 g/mol. The van der Waals surface area contributed by atoms with E-state index in [1.807, 2.05) is 30.3 Å². The number of para-hydroxylation sites is 1. The number of carbonyl (C=O) groups is 1. The van der Waals surface area contributed by atoms with Crippen molar-refractivity contribution < 1.29 is 9.21 Å². The number of rotatable bonds is 4. The molecular formula is C19H13ClN2O2S. The molecule has 0 unspecified atom stereocenters. The standard InChI is InChI=1S/C19H13ClN2O2S/c20-14-9-7-13(8-10-14)18(23)22(12-15-4-3-11-24-15)19-21-16-5-1-2-6-17(16)25-19/h1-11H,12H2. The van der Waals surface area contributed by atoms with Crippen molar-refractivity contribution in [2.45, 2.75) is 6.54 Å². The zero-order valence-corrected chi connectivity index (χ0v) is 14.6. The van der Waals surface area contributed by atoms with Gasteiger partial charge in [-0.2, -0.15) is 0 Å². The summed E-state index contributed by atoms with van der Waals surface area (Å²) in [5, 5.41) is 1.23. The highest BCUT2D eigenvalue weighted by Crippen LogP contribution is 2.30. The number of carbonyl (C=O) groups excluding carboxylic acids is 1. The molecule has 0 saturated heterocycles. The molecule has 124 valence electrons. The number of aromatic nitrogens is 1. The number of anilines is 1. The Balaban J connectivity index is 1.75. The lowest BCUT2D eigenvalue weighted by Crippen LogP contribution is -2.30. The number of hydrogen-bond acceptors (Lipinski definition) is 4. The predicted octanol–water partition coefficient (Wildman–Crippen LogP) is 5.39. The predicted molar refractivity (Wildman–Crippen MR) is 100 cm³/mol. The Morgan fingerprint density at radius 1 is 1.08 bits per heavy atom. The van der Waals surface area contributed by atoms with E-state index in [2.05, 4.69) is 4.98 Å². The van der Waals surface area contributed by atoms with Gasteiger partial charge in [-0.25, -0.2) is 4.98 Å². The fourth-order valence-corrected chi connectivity index (χ4v) is 3.60. The fraction of sp³-hybridized carbons (Fsp3) is 0.0526. The van der Waals surface area contributed by atoms with E-state index in [9.17, 15) is 4.79 Å². The molecule has 0 fully saturated rings. The molecule has 0 saturated carbocycles. The van der Waals surface area contributed by atoms with Gasteiger partial charge in [0.25, 0.3) is 5.91 Å². The van der Waals surface area contributed by atoms with Gasteiger partial charge in [0.1, 0.15) is 5.76 Å². The van der Waals surface area contributed by atoms with E-state index in [1.165, 1.54) is 11.3 Å². The van der Waals surface area contributed by atoms with Crippen LogP contribution in [0.25, 0.3) is 10.2 Å². The third-order valence-electron chi connectivity index (χ3n) is 3.74. The van der Waals surface area contributed by atoms with Crippen LogP contribution in [0.2, 0.25) is 5.02 Å². The highest BCUT2D eigenvalue weighted by molar-refractivity contribution is 7.22. The van der Waals surface area contributed by atoms with Gasteiger partial charge in [-0.05, 0) is 48.5 Å². The summed E-state index contributed by atoms with van der Waals surface area (Å²) in [5.74, 6) is 0.550. The Labute approximate surface area is 153 Å². The van der Waals surface area contributed by atoms with Crippen LogP contribution < -0.4 is 4.90 Å². The van der Waals surface area contributed by atoms with E-state index in [0.717, 1.165) is 10.2 Å². The van der Waals surface area contributed by atoms with Gasteiger partial charge < -0.3 is 4.42 Å². The lowest BCUT2D eigenvalue weighted by molar-refractivity contribution is 0.0983. The second-order valence-corrected chi connectivity index (χ2v) is 6.89. The number of hydrogen-bond donors (Lipinski definition) is 0. The first-order chi connectivity index (χ1) is 12.2. The third kappa shape index (κ3) is 3.29. The fourth-order valence-electron chi connectivity index (χ4n) is 2.51. The van der Waals surface area contributed by atoms with E-state index in [0.29, 0.717) is 28.0 Å². The Hall–Kier alpha value is -2.63. The average Bonchev–Trinajstić information content (AvgIpc) is 3.29. The zero-order chi connectivity index (χ0) is 17.2. The summed E-state index contributed by atoms with van der Waals surface area (Å²) in [5.41, 5.74) is 1.42. The molecule has 0 aliphatic rings. The molecule has 0 spiro atoms. The Bertz CT molecular complexity index is 977. The topological polar surface area (TPSA) is 46.3 Å². The molecule has 2 heterocycles. The van der Waals surface area contributed by atoms with E-state index < -0.39 is 0 Å². The summed E-state index contributed by atoms with van der Waals surface area (Å²) in [7, 11) is 0. The van der Waals surface area contributed by atoms with Crippen molar-refractivity contribution >= 4 is 44.2 Å². The van der Waals surface area contributed by atoms with Gasteiger partial charge in [-0.15, -0.1) is 0 Å². The molecule has 0 aliphatic heterocycles. The number of amides is 1. The molecule has 0 bridgehead atoms. The van der Waals surface area contributed by atoms with Crippen molar-refractivity contribution in [3.8, 4) is 0 Å². The van der Waals surface area contributed by atoms with Crippen LogP contribution in [-0.4, -0.2) is 10.9 Å². The first-order valence-corrected chi connectivity index (χ1v) is 8.85. The maximum absolute atomic E-state index is 13.1. The molecule has 2 aromatic heterocycles. The van der Waals surface area contributed by atoms with E-state index >= 15 is 0 Å². The summed E-state index contributed by atoms with van der Waals surface area (Å²) in [6, 6.07) is 18.3. The number of fused-ring (bicyclic) bond motifs is 1. The molecule has 4 nitrogen and oxygen atoms in total. The quantitative estimate of drug-likeness (QED) is 0.485. The normalized spacial score (nSPS) is 10.9. The molecule has 0 atom stereocenters. The maximum atomic E-state index is 13.1. The van der Waals surface area contributed by atoms with E-state index in [4.69, 9.17) is 16.0 Å². The summed E-state index contributed by atoms with van der Waals surface area (Å²) in [6.45, 7) is 0.314. The van der Waals surface area contributed by atoms with Crippen molar-refractivity contribution in [3.05, 3.63) is 83.3 Å². The molecule has 1 amide bonds. The van der Waals surface area contributed by atoms with Crippen LogP contribution in [0.3, 0.4) is 0 Å². The van der Waals surface area contributed by atoms with Crippen molar-refractivity contribution in [1.29, 1.82) is 0 Å². The van der Waals surface area contributed by atoms with E-state index in [1.54, 1.807) is 41.5 Å². The summed E-state index contributed by atoms with van der Waals surface area (Å²) < 4.78 is 6.46. The van der Waals surface area contributed by atoms with Gasteiger partial charge >= 0.3 is 0 Å². The number of thiazole rings is 1. The minimum absolute atomic E-state index is 0.146. The smallest absolute Gasteiger partial charge is 0.260 e. The minimum atomic E-state index is -0.146. The third-order valence-corrected chi connectivity index (χ3v) is 5.06. The van der Waals surface area contributed by atoms with Crippen molar-refractivity contribution in [3.63, 3.8) is 0 Å². The molecule has 2 aromatic carbocycles. The molecule has 0 radical (unpaired) electrons. The van der Waals surface area contributed by atoms with Crippen LogP contribution in [-0.2, 0) is 6.54 Å². The monoisotopic (exact) mass is 368 g/mol. The maximum Gasteiger partial charge on any atom is 0.260 e.